The number of carbonyl (C=O) groups excluding carboxylic acids is 4. The number of nitrogens with zero attached hydrogens (tertiary/aromatic N) is 2. The van der Waals surface area contributed by atoms with E-state index < -0.39 is 71.5 Å². The van der Waals surface area contributed by atoms with Crippen LogP contribution in [-0.4, -0.2) is 75.4 Å². The van der Waals surface area contributed by atoms with Crippen LogP contribution >= 0.6 is 0 Å². The van der Waals surface area contributed by atoms with Gasteiger partial charge in [0.15, 0.2) is 5.71 Å². The van der Waals surface area contributed by atoms with Crippen LogP contribution in [0, 0.1) is 23.1 Å². The van der Waals surface area contributed by atoms with E-state index in [-0.39, 0.29) is 55.6 Å². The lowest BCUT2D eigenvalue weighted by Crippen LogP contribution is -2.59. The van der Waals surface area contributed by atoms with Crippen molar-refractivity contribution in [3.63, 3.8) is 0 Å². The SMILES string of the molecule is CC(=N)/C(=N\O)C(=O)N[C@H](C(=O)Nc1ccc2c(c1)CC(C(=O)Nc1cccc(F)c1)(N1C[C@@H](C(C)C)NC1=O)C2)C1CCC(F)(F)CC1. The number of anilines is 2. The van der Waals surface area contributed by atoms with E-state index in [1.165, 1.54) is 30.0 Å². The summed E-state index contributed by atoms with van der Waals surface area (Å²) in [6.45, 7) is 5.42. The quantitative estimate of drug-likeness (QED) is 0.123. The molecule has 0 aromatic heterocycles. The molecule has 1 unspecified atom stereocenters. The smallest absolute Gasteiger partial charge is 0.318 e. The van der Waals surface area contributed by atoms with E-state index in [4.69, 9.17) is 5.41 Å². The molecule has 1 saturated carbocycles. The topological polar surface area (TPSA) is 176 Å². The monoisotopic (exact) mass is 683 g/mol. The standard InChI is InChI=1S/C34H40F3N7O5/c1-18(2)26-17-44(32(48)41-26)33(31(47)40-24-6-4-5-23(35)14-24)15-21-7-8-25(13-22(21)16-33)39-30(46)28(20-9-11-34(36,37)12-10-20)42-29(45)27(43-49)19(3)38/h4-8,13-14,18,20,26,28,38,49H,9-12,15-17H2,1-3H3,(H,39,46)(H,40,47)(H,41,48)(H,42,45)/b38-19?,43-27+/t26-,28-,33?/m0/s1. The Morgan fingerprint density at radius 1 is 1.04 bits per heavy atom. The minimum atomic E-state index is -2.89. The fourth-order valence-electron chi connectivity index (χ4n) is 6.84. The van der Waals surface area contributed by atoms with Gasteiger partial charge in [-0.1, -0.05) is 31.1 Å². The second kappa shape index (κ2) is 13.9. The van der Waals surface area contributed by atoms with E-state index in [1.54, 1.807) is 24.3 Å². The van der Waals surface area contributed by atoms with Crippen molar-refractivity contribution in [2.45, 2.75) is 82.8 Å². The predicted molar refractivity (Wildman–Crippen MR) is 176 cm³/mol. The lowest BCUT2D eigenvalue weighted by Gasteiger charge is -2.36. The molecule has 0 spiro atoms. The van der Waals surface area contributed by atoms with Gasteiger partial charge in [0.2, 0.25) is 11.8 Å². The van der Waals surface area contributed by atoms with Crippen molar-refractivity contribution in [1.82, 2.24) is 15.5 Å². The third-order valence-electron chi connectivity index (χ3n) is 9.67. The Hall–Kier alpha value is -4.95. The maximum atomic E-state index is 14.1. The van der Waals surface area contributed by atoms with Crippen LogP contribution in [0.3, 0.4) is 0 Å². The van der Waals surface area contributed by atoms with Crippen molar-refractivity contribution in [3.8, 4) is 0 Å². The van der Waals surface area contributed by atoms with Gasteiger partial charge in [0.05, 0.1) is 11.8 Å². The van der Waals surface area contributed by atoms with Gasteiger partial charge >= 0.3 is 6.03 Å². The molecule has 0 bridgehead atoms. The van der Waals surface area contributed by atoms with Gasteiger partial charge in [-0.25, -0.2) is 18.0 Å². The molecule has 49 heavy (non-hydrogen) atoms. The number of rotatable bonds is 10. The average molecular weight is 684 g/mol. The number of urea groups is 1. The number of amides is 5. The first-order valence-corrected chi connectivity index (χ1v) is 16.2. The highest BCUT2D eigenvalue weighted by Crippen LogP contribution is 2.40. The second-order valence-corrected chi connectivity index (χ2v) is 13.5. The highest BCUT2D eigenvalue weighted by atomic mass is 19.3. The minimum Gasteiger partial charge on any atom is -0.410 e. The first-order valence-electron chi connectivity index (χ1n) is 16.2. The van der Waals surface area contributed by atoms with Gasteiger partial charge in [0.25, 0.3) is 11.8 Å². The van der Waals surface area contributed by atoms with Crippen LogP contribution in [0.4, 0.5) is 29.3 Å². The summed E-state index contributed by atoms with van der Waals surface area (Å²) in [7, 11) is 0. The summed E-state index contributed by atoms with van der Waals surface area (Å²) < 4.78 is 42.0. The summed E-state index contributed by atoms with van der Waals surface area (Å²) in [5, 5.41) is 30.7. The second-order valence-electron chi connectivity index (χ2n) is 13.5. The number of fused-ring (bicyclic) bond motifs is 1. The lowest BCUT2D eigenvalue weighted by atomic mass is 9.81. The van der Waals surface area contributed by atoms with Crippen molar-refractivity contribution in [2.75, 3.05) is 17.2 Å². The number of hydrogen-bond acceptors (Lipinski definition) is 7. The molecule has 1 saturated heterocycles. The molecule has 0 radical (unpaired) electrons. The van der Waals surface area contributed by atoms with Gasteiger partial charge in [0, 0.05) is 43.6 Å². The van der Waals surface area contributed by atoms with E-state index in [9.17, 15) is 37.6 Å². The number of halogens is 3. The zero-order valence-electron chi connectivity index (χ0n) is 27.4. The van der Waals surface area contributed by atoms with Crippen LogP contribution in [0.2, 0.25) is 0 Å². The number of benzene rings is 2. The summed E-state index contributed by atoms with van der Waals surface area (Å²) in [5.41, 5.74) is -0.401. The van der Waals surface area contributed by atoms with Crippen molar-refractivity contribution in [2.24, 2.45) is 17.0 Å². The maximum absolute atomic E-state index is 14.1. The van der Waals surface area contributed by atoms with Crippen LogP contribution in [0.5, 0.6) is 0 Å². The Labute approximate surface area is 281 Å². The molecule has 3 atom stereocenters. The van der Waals surface area contributed by atoms with Gasteiger partial charge in [-0.2, -0.15) is 0 Å². The summed E-state index contributed by atoms with van der Waals surface area (Å²) in [4.78, 5) is 55.4. The molecule has 2 aromatic rings. The van der Waals surface area contributed by atoms with Crippen LogP contribution in [0.1, 0.15) is 57.6 Å². The van der Waals surface area contributed by atoms with Crippen LogP contribution in [-0.2, 0) is 27.2 Å². The van der Waals surface area contributed by atoms with Crippen LogP contribution in [0.15, 0.2) is 47.6 Å². The molecule has 5 amide bonds. The number of hydrogen-bond donors (Lipinski definition) is 6. The van der Waals surface area contributed by atoms with E-state index in [0.29, 0.717) is 11.3 Å². The zero-order chi connectivity index (χ0) is 35.7. The maximum Gasteiger partial charge on any atom is 0.318 e. The molecule has 12 nitrogen and oxygen atoms in total. The molecule has 5 rings (SSSR count). The Kier molecular flexibility index (Phi) is 10.0. The first kappa shape index (κ1) is 35.4. The molecular formula is C34H40F3N7O5. The Morgan fingerprint density at radius 3 is 2.33 bits per heavy atom. The fraction of sp³-hybridized carbons (Fsp3) is 0.471. The largest absolute Gasteiger partial charge is 0.410 e. The number of oxime groups is 1. The Morgan fingerprint density at radius 2 is 1.71 bits per heavy atom. The van der Waals surface area contributed by atoms with E-state index in [0.717, 1.165) is 5.56 Å². The van der Waals surface area contributed by atoms with Gasteiger partial charge in [0.1, 0.15) is 17.4 Å². The summed E-state index contributed by atoms with van der Waals surface area (Å²) in [5.74, 6) is -6.20. The number of alkyl halides is 2. The molecule has 2 fully saturated rings. The number of carbonyl (C=O) groups is 4. The van der Waals surface area contributed by atoms with Gasteiger partial charge in [-0.05, 0) is 73.1 Å². The van der Waals surface area contributed by atoms with Crippen LogP contribution in [0.25, 0.3) is 0 Å². The molecule has 262 valence electrons. The first-order chi connectivity index (χ1) is 23.1. The molecule has 6 N–H and O–H groups in total. The molecule has 3 aliphatic rings. The molecule has 2 aromatic carbocycles. The van der Waals surface area contributed by atoms with Crippen molar-refractivity contribution >= 4 is 46.6 Å². The van der Waals surface area contributed by atoms with Crippen LogP contribution < -0.4 is 21.3 Å². The molecule has 1 aliphatic heterocycles. The van der Waals surface area contributed by atoms with Crippen molar-refractivity contribution in [1.29, 1.82) is 5.41 Å². The highest BCUT2D eigenvalue weighted by Gasteiger charge is 2.53. The molecule has 1 heterocycles. The average Bonchev–Trinajstić information content (AvgIpc) is 3.61. The molecular weight excluding hydrogens is 643 g/mol. The van der Waals surface area contributed by atoms with E-state index in [1.807, 2.05) is 13.8 Å². The normalized spacial score (nSPS) is 22.7. The highest BCUT2D eigenvalue weighted by molar-refractivity contribution is 6.65. The third kappa shape index (κ3) is 7.55. The van der Waals surface area contributed by atoms with Gasteiger partial charge < -0.3 is 36.8 Å². The fourth-order valence-corrected chi connectivity index (χ4v) is 6.84. The summed E-state index contributed by atoms with van der Waals surface area (Å²) in [6, 6.07) is 8.54. The third-order valence-corrected chi connectivity index (χ3v) is 9.67. The van der Waals surface area contributed by atoms with E-state index >= 15 is 0 Å². The molecule has 2 aliphatic carbocycles. The summed E-state index contributed by atoms with van der Waals surface area (Å²) in [6.07, 6.45) is -0.814. The lowest BCUT2D eigenvalue weighted by molar-refractivity contribution is -0.126. The minimum absolute atomic E-state index is 0.0526. The molecule has 15 heteroatoms. The summed E-state index contributed by atoms with van der Waals surface area (Å²) >= 11 is 0. The van der Waals surface area contributed by atoms with Crippen molar-refractivity contribution < 1.29 is 37.6 Å². The Bertz CT molecular complexity index is 1690. The zero-order valence-corrected chi connectivity index (χ0v) is 27.4. The van der Waals surface area contributed by atoms with Gasteiger partial charge in [-0.3, -0.25) is 14.4 Å². The van der Waals surface area contributed by atoms with E-state index in [2.05, 4.69) is 26.4 Å². The number of nitrogens with one attached hydrogen (secondary N) is 5. The predicted octanol–water partition coefficient (Wildman–Crippen LogP) is 4.47. The van der Waals surface area contributed by atoms with Gasteiger partial charge in [-0.15, -0.1) is 0 Å². The van der Waals surface area contributed by atoms with Crippen molar-refractivity contribution in [3.05, 3.63) is 59.4 Å². The Balaban J connectivity index is 1.41.